The lowest BCUT2D eigenvalue weighted by Crippen LogP contribution is -2.46. The van der Waals surface area contributed by atoms with Crippen LogP contribution in [0.5, 0.6) is 0 Å². The zero-order chi connectivity index (χ0) is 22.7. The highest BCUT2D eigenvalue weighted by molar-refractivity contribution is 5.80. The van der Waals surface area contributed by atoms with E-state index in [2.05, 4.69) is 48.6 Å². The lowest BCUT2D eigenvalue weighted by Gasteiger charge is -2.37. The maximum atomic E-state index is 13.2. The highest BCUT2D eigenvalue weighted by atomic mass is 16.2. The standard InChI is InChI=1S/C26H34N4O2/c1-18-6-8-23(9-7-18)28-24-15-19(2)27-25(16-24)22-5-4-12-30(17-22)26(32)21-10-13-29(14-11-21)20(3)31/h6-9,15-16,21-22H,4-5,10-14,17H2,1-3H3,(H,27,28). The molecule has 4 rings (SSSR count). The average molecular weight is 435 g/mol. The third kappa shape index (κ3) is 5.29. The molecule has 0 spiro atoms. The number of likely N-dealkylation sites (tertiary alicyclic amines) is 2. The molecule has 2 saturated heterocycles. The van der Waals surface area contributed by atoms with Gasteiger partial charge in [0.2, 0.25) is 11.8 Å². The van der Waals surface area contributed by atoms with Gasteiger partial charge in [0.1, 0.15) is 0 Å². The van der Waals surface area contributed by atoms with Crippen molar-refractivity contribution in [3.05, 3.63) is 53.3 Å². The second-order valence-electron chi connectivity index (χ2n) is 9.32. The number of pyridine rings is 1. The molecule has 2 amide bonds. The number of nitrogens with one attached hydrogen (secondary N) is 1. The van der Waals surface area contributed by atoms with Crippen LogP contribution < -0.4 is 5.32 Å². The van der Waals surface area contributed by atoms with Gasteiger partial charge in [0.05, 0.1) is 0 Å². The summed E-state index contributed by atoms with van der Waals surface area (Å²) in [5.74, 6) is 0.648. The third-order valence-electron chi connectivity index (χ3n) is 6.75. The van der Waals surface area contributed by atoms with Crippen LogP contribution in [-0.2, 0) is 9.59 Å². The van der Waals surface area contributed by atoms with Crippen molar-refractivity contribution in [3.8, 4) is 0 Å². The van der Waals surface area contributed by atoms with Crippen LogP contribution in [0.4, 0.5) is 11.4 Å². The van der Waals surface area contributed by atoms with Crippen molar-refractivity contribution >= 4 is 23.2 Å². The van der Waals surface area contributed by atoms with E-state index < -0.39 is 0 Å². The number of hydrogen-bond acceptors (Lipinski definition) is 4. The smallest absolute Gasteiger partial charge is 0.225 e. The number of hydrogen-bond donors (Lipinski definition) is 1. The first-order valence-electron chi connectivity index (χ1n) is 11.8. The number of benzene rings is 1. The fourth-order valence-electron chi connectivity index (χ4n) is 4.90. The van der Waals surface area contributed by atoms with Gasteiger partial charge in [-0.05, 0) is 63.8 Å². The maximum Gasteiger partial charge on any atom is 0.225 e. The molecule has 2 aliphatic heterocycles. The number of aromatic nitrogens is 1. The molecule has 6 nitrogen and oxygen atoms in total. The van der Waals surface area contributed by atoms with Gasteiger partial charge in [-0.25, -0.2) is 0 Å². The summed E-state index contributed by atoms with van der Waals surface area (Å²) in [4.78, 5) is 33.5. The average Bonchev–Trinajstić information content (AvgIpc) is 2.80. The van der Waals surface area contributed by atoms with Crippen molar-refractivity contribution in [2.75, 3.05) is 31.5 Å². The Labute approximate surface area is 191 Å². The minimum atomic E-state index is 0.0357. The Morgan fingerprint density at radius 2 is 1.66 bits per heavy atom. The van der Waals surface area contributed by atoms with Gasteiger partial charge in [-0.15, -0.1) is 0 Å². The summed E-state index contributed by atoms with van der Waals surface area (Å²) in [6.45, 7) is 8.65. The van der Waals surface area contributed by atoms with Crippen molar-refractivity contribution in [2.24, 2.45) is 5.92 Å². The fourth-order valence-corrected chi connectivity index (χ4v) is 4.90. The van der Waals surface area contributed by atoms with E-state index >= 15 is 0 Å². The molecule has 0 saturated carbocycles. The van der Waals surface area contributed by atoms with Crippen LogP contribution in [0.1, 0.15) is 55.5 Å². The van der Waals surface area contributed by atoms with Gasteiger partial charge < -0.3 is 15.1 Å². The third-order valence-corrected chi connectivity index (χ3v) is 6.75. The van der Waals surface area contributed by atoms with E-state index in [9.17, 15) is 9.59 Å². The highest BCUT2D eigenvalue weighted by Crippen LogP contribution is 2.30. The molecule has 0 aliphatic carbocycles. The van der Waals surface area contributed by atoms with Gasteiger partial charge in [-0.2, -0.15) is 0 Å². The van der Waals surface area contributed by atoms with Crippen molar-refractivity contribution < 1.29 is 9.59 Å². The Bertz CT molecular complexity index is 964. The minimum Gasteiger partial charge on any atom is -0.355 e. The predicted octanol–water partition coefficient (Wildman–Crippen LogP) is 4.41. The number of piperidine rings is 2. The van der Waals surface area contributed by atoms with E-state index in [1.807, 2.05) is 16.7 Å². The zero-order valence-corrected chi connectivity index (χ0v) is 19.4. The first-order valence-corrected chi connectivity index (χ1v) is 11.8. The van der Waals surface area contributed by atoms with E-state index in [-0.39, 0.29) is 23.7 Å². The first-order chi connectivity index (χ1) is 15.4. The summed E-state index contributed by atoms with van der Waals surface area (Å²) in [5.41, 5.74) is 5.38. The molecule has 2 aliphatic rings. The highest BCUT2D eigenvalue weighted by Gasteiger charge is 2.32. The van der Waals surface area contributed by atoms with Crippen molar-refractivity contribution in [3.63, 3.8) is 0 Å². The summed E-state index contributed by atoms with van der Waals surface area (Å²) in [6.07, 6.45) is 3.59. The summed E-state index contributed by atoms with van der Waals surface area (Å²) in [7, 11) is 0. The van der Waals surface area contributed by atoms with Crippen molar-refractivity contribution in [2.45, 2.75) is 52.4 Å². The summed E-state index contributed by atoms with van der Waals surface area (Å²) < 4.78 is 0. The molecule has 2 aromatic rings. The Balaban J connectivity index is 1.42. The molecular formula is C26H34N4O2. The molecule has 32 heavy (non-hydrogen) atoms. The molecule has 1 atom stereocenters. The van der Waals surface area contributed by atoms with E-state index in [1.54, 1.807) is 6.92 Å². The molecule has 3 heterocycles. The number of carbonyl (C=O) groups excluding carboxylic acids is 2. The Kier molecular flexibility index (Phi) is 6.77. The van der Waals surface area contributed by atoms with Crippen LogP contribution in [-0.4, -0.2) is 52.8 Å². The second-order valence-corrected chi connectivity index (χ2v) is 9.32. The fraction of sp³-hybridized carbons (Fsp3) is 0.500. The molecule has 6 heteroatoms. The van der Waals surface area contributed by atoms with E-state index in [4.69, 9.17) is 4.98 Å². The van der Waals surface area contributed by atoms with Gasteiger partial charge in [0, 0.05) is 67.7 Å². The number of nitrogens with zero attached hydrogens (tertiary/aromatic N) is 3. The maximum absolute atomic E-state index is 13.2. The Hall–Kier alpha value is -2.89. The molecular weight excluding hydrogens is 400 g/mol. The summed E-state index contributed by atoms with van der Waals surface area (Å²) in [6, 6.07) is 12.6. The van der Waals surface area contributed by atoms with Crippen LogP contribution in [0.15, 0.2) is 36.4 Å². The van der Waals surface area contributed by atoms with Gasteiger partial charge in [0.15, 0.2) is 0 Å². The van der Waals surface area contributed by atoms with E-state index in [0.29, 0.717) is 13.1 Å². The SMILES string of the molecule is CC(=O)N1CCC(C(=O)N2CCCC(c3cc(Nc4ccc(C)cc4)cc(C)n3)C2)CC1. The minimum absolute atomic E-state index is 0.0357. The number of aryl methyl sites for hydroxylation is 2. The van der Waals surface area contributed by atoms with Crippen LogP contribution in [0, 0.1) is 19.8 Å². The lowest BCUT2D eigenvalue weighted by molar-refractivity contribution is -0.141. The van der Waals surface area contributed by atoms with Crippen molar-refractivity contribution in [1.29, 1.82) is 0 Å². The van der Waals surface area contributed by atoms with Crippen LogP contribution in [0.3, 0.4) is 0 Å². The first kappa shape index (κ1) is 22.3. The molecule has 1 N–H and O–H groups in total. The quantitative estimate of drug-likeness (QED) is 0.774. The zero-order valence-electron chi connectivity index (χ0n) is 19.4. The van der Waals surface area contributed by atoms with Crippen molar-refractivity contribution in [1.82, 2.24) is 14.8 Å². The van der Waals surface area contributed by atoms with Crippen LogP contribution >= 0.6 is 0 Å². The van der Waals surface area contributed by atoms with Gasteiger partial charge in [-0.3, -0.25) is 14.6 Å². The largest absolute Gasteiger partial charge is 0.355 e. The molecule has 170 valence electrons. The van der Waals surface area contributed by atoms with Crippen LogP contribution in [0.2, 0.25) is 0 Å². The molecule has 1 aromatic heterocycles. The molecule has 1 unspecified atom stereocenters. The summed E-state index contributed by atoms with van der Waals surface area (Å²) in [5, 5.41) is 3.50. The number of carbonyl (C=O) groups is 2. The second kappa shape index (κ2) is 9.72. The Morgan fingerprint density at radius 3 is 2.34 bits per heavy atom. The summed E-state index contributed by atoms with van der Waals surface area (Å²) >= 11 is 0. The molecule has 0 bridgehead atoms. The number of anilines is 2. The normalized spacial score (nSPS) is 19.7. The van der Waals surface area contributed by atoms with Gasteiger partial charge >= 0.3 is 0 Å². The van der Waals surface area contributed by atoms with Crippen LogP contribution in [0.25, 0.3) is 0 Å². The predicted molar refractivity (Wildman–Crippen MR) is 127 cm³/mol. The lowest BCUT2D eigenvalue weighted by atomic mass is 9.90. The van der Waals surface area contributed by atoms with E-state index in [1.165, 1.54) is 5.56 Å². The van der Waals surface area contributed by atoms with Gasteiger partial charge in [0.25, 0.3) is 0 Å². The number of amides is 2. The Morgan fingerprint density at radius 1 is 0.938 bits per heavy atom. The van der Waals surface area contributed by atoms with Gasteiger partial charge in [-0.1, -0.05) is 17.7 Å². The number of rotatable bonds is 4. The van der Waals surface area contributed by atoms with E-state index in [0.717, 1.165) is 61.5 Å². The topological polar surface area (TPSA) is 65.5 Å². The molecule has 1 aromatic carbocycles. The monoisotopic (exact) mass is 434 g/mol. The molecule has 0 radical (unpaired) electrons. The molecule has 2 fully saturated rings.